The molecule has 1 fully saturated rings. The fraction of sp³-hybridized carbons (Fsp3) is 0.385. The summed E-state index contributed by atoms with van der Waals surface area (Å²) in [7, 11) is 0. The predicted molar refractivity (Wildman–Crippen MR) is 79.5 cm³/mol. The molecule has 2 aromatic heterocycles. The van der Waals surface area contributed by atoms with E-state index in [1.165, 1.54) is 18.0 Å². The van der Waals surface area contributed by atoms with Crippen LogP contribution < -0.4 is 5.32 Å². The molecular formula is C13H13ClN4O2S. The van der Waals surface area contributed by atoms with Crippen molar-refractivity contribution < 1.29 is 9.21 Å². The van der Waals surface area contributed by atoms with Gasteiger partial charge in [-0.25, -0.2) is 4.98 Å². The van der Waals surface area contributed by atoms with Crippen molar-refractivity contribution in [2.75, 3.05) is 5.32 Å². The van der Waals surface area contributed by atoms with Gasteiger partial charge in [0.1, 0.15) is 5.82 Å². The quantitative estimate of drug-likeness (QED) is 0.851. The molecule has 1 saturated carbocycles. The van der Waals surface area contributed by atoms with E-state index in [0.717, 1.165) is 12.8 Å². The number of nitrogens with zero attached hydrogens (tertiary/aromatic N) is 3. The molecule has 110 valence electrons. The highest BCUT2D eigenvalue weighted by Crippen LogP contribution is 2.40. The van der Waals surface area contributed by atoms with Crippen molar-refractivity contribution in [1.29, 1.82) is 0 Å². The molecule has 2 heterocycles. The zero-order valence-corrected chi connectivity index (χ0v) is 12.8. The van der Waals surface area contributed by atoms with E-state index >= 15 is 0 Å². The van der Waals surface area contributed by atoms with Crippen LogP contribution >= 0.6 is 23.4 Å². The van der Waals surface area contributed by atoms with Crippen LogP contribution in [0.1, 0.15) is 31.6 Å². The van der Waals surface area contributed by atoms with Crippen LogP contribution in [-0.2, 0) is 4.79 Å². The number of hydrogen-bond donors (Lipinski definition) is 1. The van der Waals surface area contributed by atoms with E-state index < -0.39 is 0 Å². The summed E-state index contributed by atoms with van der Waals surface area (Å²) in [6.07, 6.45) is 3.68. The normalized spacial score (nSPS) is 15.7. The van der Waals surface area contributed by atoms with Gasteiger partial charge in [0.15, 0.2) is 0 Å². The fourth-order valence-corrected chi connectivity index (χ4v) is 2.45. The Morgan fingerprint density at radius 3 is 2.95 bits per heavy atom. The fourth-order valence-electron chi connectivity index (χ4n) is 1.65. The van der Waals surface area contributed by atoms with Gasteiger partial charge in [-0.15, -0.1) is 10.2 Å². The molecule has 1 N–H and O–H groups in total. The summed E-state index contributed by atoms with van der Waals surface area (Å²) in [5.41, 5.74) is 0. The van der Waals surface area contributed by atoms with Gasteiger partial charge in [0.05, 0.1) is 10.3 Å². The predicted octanol–water partition coefficient (Wildman–Crippen LogP) is 3.11. The molecule has 8 heteroatoms. The number of halogens is 1. The number of anilines is 1. The first kappa shape index (κ1) is 14.3. The lowest BCUT2D eigenvalue weighted by Gasteiger charge is -2.08. The molecule has 0 unspecified atom stereocenters. The van der Waals surface area contributed by atoms with Crippen LogP contribution in [0.3, 0.4) is 0 Å². The summed E-state index contributed by atoms with van der Waals surface area (Å²) in [5, 5.41) is 11.2. The lowest BCUT2D eigenvalue weighted by molar-refractivity contribution is -0.115. The zero-order valence-electron chi connectivity index (χ0n) is 11.2. The monoisotopic (exact) mass is 324 g/mol. The number of thioether (sulfide) groups is 1. The van der Waals surface area contributed by atoms with Gasteiger partial charge in [0.2, 0.25) is 11.8 Å². The maximum absolute atomic E-state index is 12.1. The molecule has 1 aliphatic carbocycles. The molecule has 0 radical (unpaired) electrons. The summed E-state index contributed by atoms with van der Waals surface area (Å²) in [6, 6.07) is 3.32. The number of carbonyl (C=O) groups is 1. The molecule has 0 spiro atoms. The highest BCUT2D eigenvalue weighted by molar-refractivity contribution is 8.00. The third kappa shape index (κ3) is 3.74. The molecule has 0 saturated heterocycles. The minimum atomic E-state index is -0.366. The number of pyridine rings is 1. The van der Waals surface area contributed by atoms with E-state index in [-0.39, 0.29) is 11.2 Å². The maximum Gasteiger partial charge on any atom is 0.277 e. The van der Waals surface area contributed by atoms with Crippen molar-refractivity contribution in [1.82, 2.24) is 15.2 Å². The minimum absolute atomic E-state index is 0.180. The summed E-state index contributed by atoms with van der Waals surface area (Å²) in [6.45, 7) is 1.77. The van der Waals surface area contributed by atoms with Gasteiger partial charge in [0, 0.05) is 12.1 Å². The van der Waals surface area contributed by atoms with Crippen molar-refractivity contribution in [3.63, 3.8) is 0 Å². The number of aromatic nitrogens is 3. The molecule has 0 aliphatic heterocycles. The molecule has 1 amide bonds. The van der Waals surface area contributed by atoms with Crippen LogP contribution in [0, 0.1) is 0 Å². The average molecular weight is 325 g/mol. The van der Waals surface area contributed by atoms with Gasteiger partial charge in [-0.1, -0.05) is 23.4 Å². The summed E-state index contributed by atoms with van der Waals surface area (Å²) in [4.78, 5) is 16.1. The third-order valence-corrected chi connectivity index (χ3v) is 4.13. The highest BCUT2D eigenvalue weighted by Gasteiger charge is 2.30. The van der Waals surface area contributed by atoms with E-state index in [4.69, 9.17) is 16.0 Å². The molecule has 21 heavy (non-hydrogen) atoms. The van der Waals surface area contributed by atoms with Crippen molar-refractivity contribution in [2.24, 2.45) is 0 Å². The lowest BCUT2D eigenvalue weighted by Crippen LogP contribution is -2.22. The van der Waals surface area contributed by atoms with Gasteiger partial charge in [-0.05, 0) is 31.9 Å². The third-order valence-electron chi connectivity index (χ3n) is 2.97. The Labute approximate surface area is 130 Å². The van der Waals surface area contributed by atoms with Crippen LogP contribution in [0.5, 0.6) is 0 Å². The van der Waals surface area contributed by atoms with E-state index in [2.05, 4.69) is 20.5 Å². The molecule has 1 atom stereocenters. The standard InChI is InChI=1S/C13H13ClN4O2S/c1-7(11(19)16-10-5-4-9(14)6-15-10)21-13-18-17-12(20-13)8-2-3-8/h4-8H,2-3H2,1H3,(H,15,16,19)/t7-/m0/s1. The van der Waals surface area contributed by atoms with Crippen molar-refractivity contribution in [2.45, 2.75) is 36.2 Å². The molecule has 0 aromatic carbocycles. The Balaban J connectivity index is 1.57. The average Bonchev–Trinajstić information content (AvgIpc) is 3.22. The topological polar surface area (TPSA) is 80.9 Å². The van der Waals surface area contributed by atoms with E-state index in [0.29, 0.717) is 27.9 Å². The van der Waals surface area contributed by atoms with Crippen LogP contribution in [-0.4, -0.2) is 26.3 Å². The Kier molecular flexibility index (Phi) is 4.12. The summed E-state index contributed by atoms with van der Waals surface area (Å²) < 4.78 is 5.52. The second-order valence-corrected chi connectivity index (χ2v) is 6.52. The van der Waals surface area contributed by atoms with Gasteiger partial charge >= 0.3 is 0 Å². The number of amides is 1. The molecular weight excluding hydrogens is 312 g/mol. The Hall–Kier alpha value is -1.60. The van der Waals surface area contributed by atoms with Crippen LogP contribution in [0.2, 0.25) is 5.02 Å². The van der Waals surface area contributed by atoms with E-state index in [1.54, 1.807) is 19.1 Å². The first-order valence-corrected chi connectivity index (χ1v) is 7.80. The highest BCUT2D eigenvalue weighted by atomic mass is 35.5. The maximum atomic E-state index is 12.1. The van der Waals surface area contributed by atoms with Crippen molar-refractivity contribution in [3.8, 4) is 0 Å². The Morgan fingerprint density at radius 2 is 2.29 bits per heavy atom. The van der Waals surface area contributed by atoms with Gasteiger partial charge in [0.25, 0.3) is 5.22 Å². The largest absolute Gasteiger partial charge is 0.416 e. The first-order chi connectivity index (χ1) is 10.1. The van der Waals surface area contributed by atoms with E-state index in [9.17, 15) is 4.79 Å². The van der Waals surface area contributed by atoms with Crippen LogP contribution in [0.25, 0.3) is 0 Å². The van der Waals surface area contributed by atoms with Gasteiger partial charge in [-0.3, -0.25) is 4.79 Å². The molecule has 2 aromatic rings. The zero-order chi connectivity index (χ0) is 14.8. The number of nitrogens with one attached hydrogen (secondary N) is 1. The smallest absolute Gasteiger partial charge is 0.277 e. The molecule has 6 nitrogen and oxygen atoms in total. The van der Waals surface area contributed by atoms with Crippen LogP contribution in [0.4, 0.5) is 5.82 Å². The molecule has 0 bridgehead atoms. The Morgan fingerprint density at radius 1 is 1.48 bits per heavy atom. The first-order valence-electron chi connectivity index (χ1n) is 6.54. The number of hydrogen-bond acceptors (Lipinski definition) is 6. The SMILES string of the molecule is C[C@H](Sc1nnc(C2CC2)o1)C(=O)Nc1ccc(Cl)cn1. The molecule has 1 aliphatic rings. The second-order valence-electron chi connectivity index (χ2n) is 4.79. The lowest BCUT2D eigenvalue weighted by atomic mass is 10.4. The number of carbonyl (C=O) groups excluding carboxylic acids is 1. The minimum Gasteiger partial charge on any atom is -0.416 e. The van der Waals surface area contributed by atoms with Crippen LogP contribution in [0.15, 0.2) is 28.0 Å². The van der Waals surface area contributed by atoms with Gasteiger partial charge < -0.3 is 9.73 Å². The summed E-state index contributed by atoms with van der Waals surface area (Å²) >= 11 is 6.98. The van der Waals surface area contributed by atoms with Crippen molar-refractivity contribution in [3.05, 3.63) is 29.2 Å². The van der Waals surface area contributed by atoms with Crippen molar-refractivity contribution >= 4 is 35.1 Å². The van der Waals surface area contributed by atoms with E-state index in [1.807, 2.05) is 0 Å². The van der Waals surface area contributed by atoms with Gasteiger partial charge in [-0.2, -0.15) is 0 Å². The summed E-state index contributed by atoms with van der Waals surface area (Å²) in [5.74, 6) is 1.36. The Bertz CT molecular complexity index is 642. The second kappa shape index (κ2) is 6.03. The molecule has 3 rings (SSSR count). The number of rotatable bonds is 5.